The van der Waals surface area contributed by atoms with E-state index in [1.165, 1.54) is 29.7 Å². The monoisotopic (exact) mass is 340 g/mol. The molecule has 0 aromatic heterocycles. The summed E-state index contributed by atoms with van der Waals surface area (Å²) in [6.45, 7) is 8.49. The molecule has 3 nitrogen and oxygen atoms in total. The fourth-order valence-electron chi connectivity index (χ4n) is 2.88. The molecule has 0 radical (unpaired) electrons. The van der Waals surface area contributed by atoms with Crippen LogP contribution < -0.4 is 15.0 Å². The lowest BCUT2D eigenvalue weighted by molar-refractivity contribution is 0.415. The number of hydrogen-bond donors (Lipinski definition) is 1. The topological polar surface area (TPSA) is 24.5 Å². The molecular formula is C22H32N2O. The Hall–Kier alpha value is -2.00. The molecule has 2 aromatic rings. The summed E-state index contributed by atoms with van der Waals surface area (Å²) in [5.41, 5.74) is 3.94. The van der Waals surface area contributed by atoms with Crippen LogP contribution in [0.4, 0.5) is 5.69 Å². The number of rotatable bonds is 11. The van der Waals surface area contributed by atoms with E-state index in [0.717, 1.165) is 38.3 Å². The van der Waals surface area contributed by atoms with Gasteiger partial charge in [0.25, 0.3) is 0 Å². The quantitative estimate of drug-likeness (QED) is 0.602. The predicted octanol–water partition coefficient (Wildman–Crippen LogP) is 4.65. The van der Waals surface area contributed by atoms with Gasteiger partial charge in [0, 0.05) is 24.8 Å². The summed E-state index contributed by atoms with van der Waals surface area (Å²) in [7, 11) is 1.71. The normalized spacial score (nSPS) is 10.7. The molecule has 0 spiro atoms. The van der Waals surface area contributed by atoms with Crippen LogP contribution >= 0.6 is 0 Å². The molecule has 3 heteroatoms. The molecule has 0 amide bonds. The van der Waals surface area contributed by atoms with Crippen LogP contribution in [0, 0.1) is 0 Å². The van der Waals surface area contributed by atoms with Gasteiger partial charge in [0.15, 0.2) is 0 Å². The van der Waals surface area contributed by atoms with Crippen LogP contribution in [0.25, 0.3) is 0 Å². The highest BCUT2D eigenvalue weighted by Gasteiger charge is 2.06. The summed E-state index contributed by atoms with van der Waals surface area (Å²) >= 11 is 0. The Kier molecular flexibility index (Phi) is 8.33. The lowest BCUT2D eigenvalue weighted by atomic mass is 10.1. The molecule has 0 aliphatic carbocycles. The van der Waals surface area contributed by atoms with E-state index in [-0.39, 0.29) is 0 Å². The number of benzene rings is 2. The summed E-state index contributed by atoms with van der Waals surface area (Å²) in [6, 6.07) is 17.3. The largest absolute Gasteiger partial charge is 0.497 e. The summed E-state index contributed by atoms with van der Waals surface area (Å²) in [6.07, 6.45) is 3.61. The maximum atomic E-state index is 5.34. The molecule has 2 aromatic carbocycles. The zero-order valence-electron chi connectivity index (χ0n) is 15.9. The zero-order valence-corrected chi connectivity index (χ0v) is 15.9. The van der Waals surface area contributed by atoms with Crippen molar-refractivity contribution in [3.8, 4) is 5.75 Å². The van der Waals surface area contributed by atoms with Crippen molar-refractivity contribution in [3.63, 3.8) is 0 Å². The van der Waals surface area contributed by atoms with Gasteiger partial charge in [-0.1, -0.05) is 43.7 Å². The second-order valence-corrected chi connectivity index (χ2v) is 6.39. The van der Waals surface area contributed by atoms with Crippen molar-refractivity contribution >= 4 is 5.69 Å². The molecular weight excluding hydrogens is 308 g/mol. The van der Waals surface area contributed by atoms with E-state index in [1.807, 2.05) is 12.1 Å². The van der Waals surface area contributed by atoms with Crippen molar-refractivity contribution in [2.75, 3.05) is 31.6 Å². The molecule has 2 rings (SSSR count). The fourth-order valence-corrected chi connectivity index (χ4v) is 2.88. The zero-order chi connectivity index (χ0) is 17.9. The molecule has 0 heterocycles. The van der Waals surface area contributed by atoms with Gasteiger partial charge in [-0.2, -0.15) is 0 Å². The molecule has 0 fully saturated rings. The summed E-state index contributed by atoms with van der Waals surface area (Å²) in [5, 5.41) is 3.50. The second-order valence-electron chi connectivity index (χ2n) is 6.39. The number of hydrogen-bond acceptors (Lipinski definition) is 3. The van der Waals surface area contributed by atoms with Crippen LogP contribution in [0.5, 0.6) is 5.75 Å². The molecule has 0 unspecified atom stereocenters. The van der Waals surface area contributed by atoms with Crippen molar-refractivity contribution in [1.82, 2.24) is 5.32 Å². The van der Waals surface area contributed by atoms with Crippen molar-refractivity contribution in [2.24, 2.45) is 0 Å². The van der Waals surface area contributed by atoms with E-state index in [9.17, 15) is 0 Å². The van der Waals surface area contributed by atoms with Gasteiger partial charge in [0.1, 0.15) is 5.75 Å². The number of anilines is 1. The predicted molar refractivity (Wildman–Crippen MR) is 108 cm³/mol. The molecule has 0 bridgehead atoms. The Balaban J connectivity index is 1.90. The van der Waals surface area contributed by atoms with Gasteiger partial charge in [-0.25, -0.2) is 0 Å². The number of ether oxygens (including phenoxy) is 1. The van der Waals surface area contributed by atoms with E-state index < -0.39 is 0 Å². The average Bonchev–Trinajstić information content (AvgIpc) is 2.67. The standard InChI is InChI=1S/C22H32N2O/c1-4-6-15-23-16-14-19-10-12-20(13-11-19)18-24(5-2)21-8-7-9-22(17-21)25-3/h7-13,17,23H,4-6,14-16,18H2,1-3H3. The molecule has 136 valence electrons. The Bertz CT molecular complexity index is 610. The van der Waals surface area contributed by atoms with E-state index in [4.69, 9.17) is 4.74 Å². The molecule has 0 saturated heterocycles. The van der Waals surface area contributed by atoms with Gasteiger partial charge in [-0.3, -0.25) is 0 Å². The van der Waals surface area contributed by atoms with Gasteiger partial charge < -0.3 is 15.0 Å². The number of unbranched alkanes of at least 4 members (excludes halogenated alkanes) is 1. The first-order valence-corrected chi connectivity index (χ1v) is 9.44. The molecule has 0 saturated carbocycles. The molecule has 1 N–H and O–H groups in total. The third kappa shape index (κ3) is 6.43. The minimum absolute atomic E-state index is 0.905. The van der Waals surface area contributed by atoms with Gasteiger partial charge in [-0.15, -0.1) is 0 Å². The number of methoxy groups -OCH3 is 1. The van der Waals surface area contributed by atoms with Crippen LogP contribution in [0.15, 0.2) is 48.5 Å². The SMILES string of the molecule is CCCCNCCc1ccc(CN(CC)c2cccc(OC)c2)cc1. The first-order valence-electron chi connectivity index (χ1n) is 9.44. The lowest BCUT2D eigenvalue weighted by Gasteiger charge is -2.24. The third-order valence-corrected chi connectivity index (χ3v) is 4.49. The number of nitrogens with zero attached hydrogens (tertiary/aromatic N) is 1. The highest BCUT2D eigenvalue weighted by Crippen LogP contribution is 2.22. The Morgan fingerprint density at radius 2 is 1.72 bits per heavy atom. The second kappa shape index (κ2) is 10.8. The van der Waals surface area contributed by atoms with E-state index >= 15 is 0 Å². The fraction of sp³-hybridized carbons (Fsp3) is 0.455. The Labute approximate surface area is 153 Å². The Morgan fingerprint density at radius 1 is 0.960 bits per heavy atom. The van der Waals surface area contributed by atoms with Crippen molar-refractivity contribution in [3.05, 3.63) is 59.7 Å². The maximum Gasteiger partial charge on any atom is 0.120 e. The van der Waals surface area contributed by atoms with Crippen molar-refractivity contribution in [1.29, 1.82) is 0 Å². The summed E-state index contributed by atoms with van der Waals surface area (Å²) < 4.78 is 5.34. The first-order chi connectivity index (χ1) is 12.3. The van der Waals surface area contributed by atoms with Crippen LogP contribution in [0.3, 0.4) is 0 Å². The van der Waals surface area contributed by atoms with Gasteiger partial charge in [0.2, 0.25) is 0 Å². The lowest BCUT2D eigenvalue weighted by Crippen LogP contribution is -2.22. The van der Waals surface area contributed by atoms with Gasteiger partial charge >= 0.3 is 0 Å². The van der Waals surface area contributed by atoms with E-state index in [1.54, 1.807) is 7.11 Å². The Morgan fingerprint density at radius 3 is 2.40 bits per heavy atom. The summed E-state index contributed by atoms with van der Waals surface area (Å²) in [5.74, 6) is 0.905. The molecule has 0 aliphatic heterocycles. The molecule has 25 heavy (non-hydrogen) atoms. The van der Waals surface area contributed by atoms with E-state index in [0.29, 0.717) is 0 Å². The highest BCUT2D eigenvalue weighted by molar-refractivity contribution is 5.51. The molecule has 0 atom stereocenters. The first kappa shape index (κ1) is 19.3. The maximum absolute atomic E-state index is 5.34. The van der Waals surface area contributed by atoms with Crippen LogP contribution in [0.2, 0.25) is 0 Å². The minimum atomic E-state index is 0.905. The van der Waals surface area contributed by atoms with Gasteiger partial charge in [-0.05, 0) is 56.1 Å². The van der Waals surface area contributed by atoms with Crippen molar-refractivity contribution < 1.29 is 4.74 Å². The summed E-state index contributed by atoms with van der Waals surface area (Å²) in [4.78, 5) is 2.36. The third-order valence-electron chi connectivity index (χ3n) is 4.49. The highest BCUT2D eigenvalue weighted by atomic mass is 16.5. The van der Waals surface area contributed by atoms with Crippen LogP contribution in [-0.2, 0) is 13.0 Å². The number of nitrogens with one attached hydrogen (secondary N) is 1. The van der Waals surface area contributed by atoms with Crippen LogP contribution in [0.1, 0.15) is 37.8 Å². The molecule has 0 aliphatic rings. The van der Waals surface area contributed by atoms with Gasteiger partial charge in [0.05, 0.1) is 7.11 Å². The smallest absolute Gasteiger partial charge is 0.120 e. The van der Waals surface area contributed by atoms with Crippen LogP contribution in [-0.4, -0.2) is 26.7 Å². The van der Waals surface area contributed by atoms with Crippen molar-refractivity contribution in [2.45, 2.75) is 39.7 Å². The van der Waals surface area contributed by atoms with E-state index in [2.05, 4.69) is 60.5 Å². The average molecular weight is 341 g/mol. The minimum Gasteiger partial charge on any atom is -0.497 e.